The molecule has 3 aliphatic carbocycles. The number of amides is 1. The number of phenolic OH excluding ortho intramolecular Hbond substituents is 1. The van der Waals surface area contributed by atoms with Crippen LogP contribution in [0, 0.1) is 11.8 Å². The Bertz CT molecular complexity index is 1410. The van der Waals surface area contributed by atoms with E-state index < -0.39 is 52.0 Å². The number of anilines is 1. The van der Waals surface area contributed by atoms with Crippen molar-refractivity contribution in [3.63, 3.8) is 0 Å². The number of rotatable bonds is 3. The van der Waals surface area contributed by atoms with E-state index in [2.05, 4.69) is 0 Å². The van der Waals surface area contributed by atoms with Crippen LogP contribution in [-0.4, -0.2) is 57.6 Å². The standard InChI is InChI=1S/C27H26N2O7/c1-29(2)17-11-15(12-6-4-3-5-7-12)22(31)20-16(17)9-13-8-14-10-18(30)21(26(28)35)25(34)27(14,36)24(33)19(13)23(20)32/h3-7,11,13-14,31-32,34,36H,8-10H2,1-2H3,(H2,28,35)/t13-,14+,27+/m1/s1. The molecule has 0 heterocycles. The lowest BCUT2D eigenvalue weighted by atomic mass is 9.59. The Hall–Kier alpha value is -4.11. The van der Waals surface area contributed by atoms with Crippen LogP contribution in [0.2, 0.25) is 0 Å². The molecule has 0 aliphatic heterocycles. The minimum atomic E-state index is -2.58. The summed E-state index contributed by atoms with van der Waals surface area (Å²) in [4.78, 5) is 39.8. The van der Waals surface area contributed by atoms with Crippen molar-refractivity contribution in [1.29, 1.82) is 0 Å². The lowest BCUT2D eigenvalue weighted by molar-refractivity contribution is -0.147. The van der Waals surface area contributed by atoms with E-state index in [-0.39, 0.29) is 36.1 Å². The Balaban J connectivity index is 1.76. The van der Waals surface area contributed by atoms with Gasteiger partial charge in [0.05, 0.1) is 5.56 Å². The third-order valence-corrected chi connectivity index (χ3v) is 7.61. The fourth-order valence-corrected chi connectivity index (χ4v) is 5.91. The van der Waals surface area contributed by atoms with Crippen LogP contribution in [-0.2, 0) is 20.8 Å². The van der Waals surface area contributed by atoms with E-state index in [1.54, 1.807) is 0 Å². The summed E-state index contributed by atoms with van der Waals surface area (Å²) in [5.74, 6) is -6.36. The molecule has 0 radical (unpaired) electrons. The van der Waals surface area contributed by atoms with E-state index in [4.69, 9.17) is 5.73 Å². The number of aromatic hydroxyl groups is 1. The van der Waals surface area contributed by atoms with Crippen molar-refractivity contribution >= 4 is 28.9 Å². The van der Waals surface area contributed by atoms with Gasteiger partial charge < -0.3 is 31.1 Å². The number of aliphatic hydroxyl groups is 3. The van der Waals surface area contributed by atoms with Crippen LogP contribution >= 0.6 is 0 Å². The van der Waals surface area contributed by atoms with Crippen LogP contribution in [0.5, 0.6) is 5.75 Å². The number of carbonyl (C=O) groups excluding carboxylic acids is 3. The summed E-state index contributed by atoms with van der Waals surface area (Å²) in [5, 5.41) is 44.8. The van der Waals surface area contributed by atoms with Crippen LogP contribution in [0.15, 0.2) is 53.3 Å². The second kappa shape index (κ2) is 7.96. The number of fused-ring (bicyclic) bond motifs is 3. The molecule has 0 spiro atoms. The molecule has 1 amide bonds. The summed E-state index contributed by atoms with van der Waals surface area (Å²) < 4.78 is 0. The molecule has 9 heteroatoms. The van der Waals surface area contributed by atoms with E-state index >= 15 is 0 Å². The number of Topliss-reactive ketones (excluding diaryl/α,β-unsaturated/α-hetero) is 2. The summed E-state index contributed by atoms with van der Waals surface area (Å²) >= 11 is 0. The van der Waals surface area contributed by atoms with Gasteiger partial charge in [0, 0.05) is 43.3 Å². The van der Waals surface area contributed by atoms with Gasteiger partial charge in [-0.05, 0) is 36.0 Å². The summed E-state index contributed by atoms with van der Waals surface area (Å²) in [5.41, 5.74) is 4.28. The van der Waals surface area contributed by atoms with Gasteiger partial charge in [0.25, 0.3) is 5.91 Å². The maximum Gasteiger partial charge on any atom is 0.255 e. The molecule has 2 aromatic carbocycles. The first-order valence-electron chi connectivity index (χ1n) is 11.6. The van der Waals surface area contributed by atoms with Gasteiger partial charge >= 0.3 is 0 Å². The second-order valence-electron chi connectivity index (χ2n) is 9.81. The molecule has 36 heavy (non-hydrogen) atoms. The number of benzene rings is 2. The first-order chi connectivity index (χ1) is 17.0. The molecular weight excluding hydrogens is 464 g/mol. The quantitative estimate of drug-likeness (QED) is 0.409. The first kappa shape index (κ1) is 23.6. The van der Waals surface area contributed by atoms with Crippen molar-refractivity contribution in [1.82, 2.24) is 0 Å². The third kappa shape index (κ3) is 3.09. The van der Waals surface area contributed by atoms with E-state index in [1.807, 2.05) is 55.4 Å². The van der Waals surface area contributed by atoms with Gasteiger partial charge in [0.1, 0.15) is 22.8 Å². The number of primary amides is 1. The van der Waals surface area contributed by atoms with Crippen molar-refractivity contribution in [3.8, 4) is 16.9 Å². The van der Waals surface area contributed by atoms with Gasteiger partial charge in [-0.3, -0.25) is 14.4 Å². The summed E-state index contributed by atoms with van der Waals surface area (Å²) in [6, 6.07) is 10.9. The van der Waals surface area contributed by atoms with E-state index in [9.17, 15) is 34.8 Å². The highest BCUT2D eigenvalue weighted by Gasteiger charge is 2.60. The number of hydrogen-bond donors (Lipinski definition) is 5. The van der Waals surface area contributed by atoms with Crippen molar-refractivity contribution in [2.75, 3.05) is 19.0 Å². The van der Waals surface area contributed by atoms with Crippen LogP contribution < -0.4 is 10.6 Å². The highest BCUT2D eigenvalue weighted by atomic mass is 16.3. The highest BCUT2D eigenvalue weighted by molar-refractivity contribution is 6.22. The summed E-state index contributed by atoms with van der Waals surface area (Å²) in [6.07, 6.45) is 0.00220. The van der Waals surface area contributed by atoms with Crippen LogP contribution in [0.4, 0.5) is 5.69 Å². The van der Waals surface area contributed by atoms with E-state index in [1.165, 1.54) is 0 Å². The zero-order chi connectivity index (χ0) is 26.1. The fourth-order valence-electron chi connectivity index (χ4n) is 5.91. The number of aliphatic hydroxyl groups excluding tert-OH is 2. The lowest BCUT2D eigenvalue weighted by Crippen LogP contribution is -2.58. The molecule has 0 unspecified atom stereocenters. The predicted octanol–water partition coefficient (Wildman–Crippen LogP) is 2.16. The van der Waals surface area contributed by atoms with E-state index in [0.29, 0.717) is 16.7 Å². The lowest BCUT2D eigenvalue weighted by Gasteiger charge is -2.46. The van der Waals surface area contributed by atoms with Gasteiger partial charge in [0.15, 0.2) is 11.4 Å². The second-order valence-corrected chi connectivity index (χ2v) is 9.81. The highest BCUT2D eigenvalue weighted by Crippen LogP contribution is 2.54. The third-order valence-electron chi connectivity index (χ3n) is 7.61. The maximum absolute atomic E-state index is 13.7. The monoisotopic (exact) mass is 490 g/mol. The number of carbonyl (C=O) groups is 3. The van der Waals surface area contributed by atoms with Gasteiger partial charge in [-0.2, -0.15) is 0 Å². The van der Waals surface area contributed by atoms with Gasteiger partial charge in [-0.15, -0.1) is 0 Å². The Kier molecular flexibility index (Phi) is 5.22. The Labute approximate surface area is 206 Å². The van der Waals surface area contributed by atoms with Gasteiger partial charge in [0.2, 0.25) is 5.78 Å². The van der Waals surface area contributed by atoms with Crippen LogP contribution in [0.3, 0.4) is 0 Å². The topological polar surface area (TPSA) is 161 Å². The molecule has 3 aliphatic rings. The summed E-state index contributed by atoms with van der Waals surface area (Å²) in [7, 11) is 3.66. The Morgan fingerprint density at radius 2 is 1.75 bits per heavy atom. The number of ketones is 2. The molecule has 0 saturated heterocycles. The molecule has 1 fully saturated rings. The molecule has 1 saturated carbocycles. The molecule has 2 aromatic rings. The molecule has 3 atom stereocenters. The number of nitrogens with two attached hydrogens (primary N) is 1. The largest absolute Gasteiger partial charge is 0.508 e. The smallest absolute Gasteiger partial charge is 0.255 e. The molecular formula is C27H26N2O7. The SMILES string of the molecule is CN(C)c1cc(-c2ccccc2)c(O)c2c1C[C@H]1C[C@H]3CC(=O)C(C(N)=O)=C(O)[C@@]3(O)C(=O)C1=C2O. The average molecular weight is 491 g/mol. The van der Waals surface area contributed by atoms with Crippen LogP contribution in [0.1, 0.15) is 24.0 Å². The normalized spacial score (nSPS) is 25.3. The van der Waals surface area contributed by atoms with Crippen molar-refractivity contribution in [3.05, 3.63) is 64.4 Å². The van der Waals surface area contributed by atoms with Crippen molar-refractivity contribution < 1.29 is 34.8 Å². The van der Waals surface area contributed by atoms with Crippen molar-refractivity contribution in [2.45, 2.75) is 24.9 Å². The first-order valence-corrected chi connectivity index (χ1v) is 11.6. The minimum Gasteiger partial charge on any atom is -0.508 e. The predicted molar refractivity (Wildman–Crippen MR) is 131 cm³/mol. The molecule has 5 rings (SSSR count). The Morgan fingerprint density at radius 3 is 2.36 bits per heavy atom. The average Bonchev–Trinajstić information content (AvgIpc) is 2.81. The van der Waals surface area contributed by atoms with E-state index in [0.717, 1.165) is 5.69 Å². The fraction of sp³-hybridized carbons (Fsp3) is 0.296. The van der Waals surface area contributed by atoms with Gasteiger partial charge in [-0.25, -0.2) is 0 Å². The number of hydrogen-bond acceptors (Lipinski definition) is 8. The number of phenols is 1. The minimum absolute atomic E-state index is 0.0761. The molecule has 9 nitrogen and oxygen atoms in total. The molecule has 186 valence electrons. The maximum atomic E-state index is 13.7. The van der Waals surface area contributed by atoms with Crippen LogP contribution in [0.25, 0.3) is 16.9 Å². The molecule has 6 N–H and O–H groups in total. The zero-order valence-electron chi connectivity index (χ0n) is 19.8. The Morgan fingerprint density at radius 1 is 1.08 bits per heavy atom. The zero-order valence-corrected chi connectivity index (χ0v) is 19.8. The summed E-state index contributed by atoms with van der Waals surface area (Å²) in [6.45, 7) is 0. The van der Waals surface area contributed by atoms with Gasteiger partial charge in [-0.1, -0.05) is 30.3 Å². The molecule has 0 aromatic heterocycles. The molecule has 0 bridgehead atoms. The van der Waals surface area contributed by atoms with Crippen molar-refractivity contribution in [2.24, 2.45) is 17.6 Å². The number of nitrogens with zero attached hydrogens (tertiary/aromatic N) is 1.